The van der Waals surface area contributed by atoms with Crippen molar-refractivity contribution in [3.8, 4) is 0 Å². The van der Waals surface area contributed by atoms with Crippen LogP contribution in [0.4, 0.5) is 0 Å². The third-order valence-electron chi connectivity index (χ3n) is 3.55. The Balaban J connectivity index is 2.26. The molecule has 0 saturated carbocycles. The van der Waals surface area contributed by atoms with E-state index in [-0.39, 0.29) is 6.04 Å². The van der Waals surface area contributed by atoms with Gasteiger partial charge in [0.15, 0.2) is 0 Å². The van der Waals surface area contributed by atoms with E-state index in [9.17, 15) is 8.42 Å². The third kappa shape index (κ3) is 2.99. The SMILES string of the molecule is CCCN(C1CNC1)S(=O)(=O)c1ccc(CC)cc1. The molecule has 0 atom stereocenters. The Hall–Kier alpha value is -0.910. The molecule has 0 bridgehead atoms. The molecule has 106 valence electrons. The van der Waals surface area contributed by atoms with Crippen LogP contribution in [0.3, 0.4) is 0 Å². The fraction of sp³-hybridized carbons (Fsp3) is 0.571. The number of hydrogen-bond acceptors (Lipinski definition) is 3. The van der Waals surface area contributed by atoms with Gasteiger partial charge in [-0.15, -0.1) is 0 Å². The molecule has 19 heavy (non-hydrogen) atoms. The molecule has 0 unspecified atom stereocenters. The number of nitrogens with zero attached hydrogens (tertiary/aromatic N) is 1. The van der Waals surface area contributed by atoms with Gasteiger partial charge < -0.3 is 5.32 Å². The van der Waals surface area contributed by atoms with E-state index in [2.05, 4.69) is 12.2 Å². The number of benzene rings is 1. The monoisotopic (exact) mass is 282 g/mol. The summed E-state index contributed by atoms with van der Waals surface area (Å²) in [5.74, 6) is 0. The van der Waals surface area contributed by atoms with Crippen LogP contribution in [0, 0.1) is 0 Å². The van der Waals surface area contributed by atoms with Crippen molar-refractivity contribution in [2.45, 2.75) is 37.6 Å². The molecule has 2 rings (SSSR count). The summed E-state index contributed by atoms with van der Waals surface area (Å²) in [6, 6.07) is 7.36. The Kier molecular flexibility index (Phi) is 4.60. The molecule has 1 aliphatic heterocycles. The summed E-state index contributed by atoms with van der Waals surface area (Å²) < 4.78 is 27.0. The van der Waals surface area contributed by atoms with Crippen LogP contribution in [-0.2, 0) is 16.4 Å². The van der Waals surface area contributed by atoms with Gasteiger partial charge in [-0.3, -0.25) is 0 Å². The first kappa shape index (κ1) is 14.5. The van der Waals surface area contributed by atoms with E-state index in [0.29, 0.717) is 11.4 Å². The Bertz CT molecular complexity index is 507. The summed E-state index contributed by atoms with van der Waals surface area (Å²) in [5.41, 5.74) is 1.16. The maximum atomic E-state index is 12.7. The largest absolute Gasteiger partial charge is 0.313 e. The van der Waals surface area contributed by atoms with Gasteiger partial charge in [-0.25, -0.2) is 8.42 Å². The predicted octanol–water partition coefficient (Wildman–Crippen LogP) is 1.62. The van der Waals surface area contributed by atoms with Crippen molar-refractivity contribution in [1.29, 1.82) is 0 Å². The minimum absolute atomic E-state index is 0.107. The zero-order chi connectivity index (χ0) is 13.9. The van der Waals surface area contributed by atoms with Gasteiger partial charge in [-0.05, 0) is 30.5 Å². The lowest BCUT2D eigenvalue weighted by Crippen LogP contribution is -2.58. The maximum Gasteiger partial charge on any atom is 0.243 e. The molecule has 5 heteroatoms. The van der Waals surface area contributed by atoms with Crippen molar-refractivity contribution in [3.05, 3.63) is 29.8 Å². The van der Waals surface area contributed by atoms with E-state index >= 15 is 0 Å². The molecule has 1 N–H and O–H groups in total. The summed E-state index contributed by atoms with van der Waals surface area (Å²) in [4.78, 5) is 0.407. The molecular formula is C14H22N2O2S. The lowest BCUT2D eigenvalue weighted by molar-refractivity contribution is 0.242. The fourth-order valence-electron chi connectivity index (χ4n) is 2.23. The van der Waals surface area contributed by atoms with E-state index < -0.39 is 10.0 Å². The van der Waals surface area contributed by atoms with Crippen LogP contribution in [0.2, 0.25) is 0 Å². The zero-order valence-corrected chi connectivity index (χ0v) is 12.4. The van der Waals surface area contributed by atoms with Gasteiger partial charge in [-0.1, -0.05) is 26.0 Å². The van der Waals surface area contributed by atoms with Crippen LogP contribution in [0.5, 0.6) is 0 Å². The molecule has 1 aromatic rings. The number of nitrogens with one attached hydrogen (secondary N) is 1. The van der Waals surface area contributed by atoms with Crippen molar-refractivity contribution in [2.24, 2.45) is 0 Å². The lowest BCUT2D eigenvalue weighted by atomic mass is 10.2. The number of sulfonamides is 1. The molecule has 0 aromatic heterocycles. The van der Waals surface area contributed by atoms with Crippen LogP contribution in [0.15, 0.2) is 29.2 Å². The van der Waals surface area contributed by atoms with Gasteiger partial charge in [-0.2, -0.15) is 4.31 Å². The van der Waals surface area contributed by atoms with E-state index in [1.165, 1.54) is 0 Å². The van der Waals surface area contributed by atoms with Crippen molar-refractivity contribution in [1.82, 2.24) is 9.62 Å². The first-order chi connectivity index (χ1) is 9.09. The lowest BCUT2D eigenvalue weighted by Gasteiger charge is -2.37. The van der Waals surface area contributed by atoms with Crippen LogP contribution in [0.1, 0.15) is 25.8 Å². The van der Waals surface area contributed by atoms with Gasteiger partial charge in [0.2, 0.25) is 10.0 Å². The van der Waals surface area contributed by atoms with Crippen molar-refractivity contribution >= 4 is 10.0 Å². The predicted molar refractivity (Wildman–Crippen MR) is 76.7 cm³/mol. The number of rotatable bonds is 6. The molecule has 0 radical (unpaired) electrons. The minimum atomic E-state index is -3.35. The van der Waals surface area contributed by atoms with Gasteiger partial charge in [0.25, 0.3) is 0 Å². The van der Waals surface area contributed by atoms with Crippen LogP contribution >= 0.6 is 0 Å². The molecule has 1 saturated heterocycles. The second-order valence-electron chi connectivity index (χ2n) is 4.93. The number of aryl methyl sites for hydroxylation is 1. The second-order valence-corrected chi connectivity index (χ2v) is 6.82. The fourth-order valence-corrected chi connectivity index (χ4v) is 3.94. The maximum absolute atomic E-state index is 12.7. The van der Waals surface area contributed by atoms with E-state index in [1.54, 1.807) is 16.4 Å². The molecule has 1 fully saturated rings. The van der Waals surface area contributed by atoms with Gasteiger partial charge in [0, 0.05) is 19.6 Å². The quantitative estimate of drug-likeness (QED) is 0.862. The highest BCUT2D eigenvalue weighted by atomic mass is 32.2. The van der Waals surface area contributed by atoms with Crippen molar-refractivity contribution < 1.29 is 8.42 Å². The highest BCUT2D eigenvalue weighted by Gasteiger charge is 2.33. The molecule has 1 aliphatic rings. The van der Waals surface area contributed by atoms with Crippen LogP contribution in [-0.4, -0.2) is 38.4 Å². The molecule has 1 heterocycles. The first-order valence-electron chi connectivity index (χ1n) is 6.91. The van der Waals surface area contributed by atoms with Crippen LogP contribution in [0.25, 0.3) is 0 Å². The van der Waals surface area contributed by atoms with Gasteiger partial charge >= 0.3 is 0 Å². The van der Waals surface area contributed by atoms with E-state index in [0.717, 1.165) is 31.5 Å². The minimum Gasteiger partial charge on any atom is -0.313 e. The Labute approximate surface area is 115 Å². The smallest absolute Gasteiger partial charge is 0.243 e. The first-order valence-corrected chi connectivity index (χ1v) is 8.35. The van der Waals surface area contributed by atoms with E-state index in [1.807, 2.05) is 19.1 Å². The Morgan fingerprint density at radius 1 is 1.21 bits per heavy atom. The topological polar surface area (TPSA) is 49.4 Å². The molecule has 4 nitrogen and oxygen atoms in total. The molecule has 0 amide bonds. The zero-order valence-electron chi connectivity index (χ0n) is 11.6. The Morgan fingerprint density at radius 2 is 1.84 bits per heavy atom. The molecule has 0 aliphatic carbocycles. The molecular weight excluding hydrogens is 260 g/mol. The third-order valence-corrected chi connectivity index (χ3v) is 5.52. The van der Waals surface area contributed by atoms with Gasteiger partial charge in [0.05, 0.1) is 10.9 Å². The Morgan fingerprint density at radius 3 is 2.26 bits per heavy atom. The average Bonchev–Trinajstić information content (AvgIpc) is 2.36. The highest BCUT2D eigenvalue weighted by molar-refractivity contribution is 7.89. The standard InChI is InChI=1S/C14H22N2O2S/c1-3-9-16(13-10-15-11-13)19(17,18)14-7-5-12(4-2)6-8-14/h5-8,13,15H,3-4,9-11H2,1-2H3. The summed E-state index contributed by atoms with van der Waals surface area (Å²) in [6.45, 7) is 6.17. The average molecular weight is 282 g/mol. The molecule has 1 aromatic carbocycles. The summed E-state index contributed by atoms with van der Waals surface area (Å²) in [6.07, 6.45) is 1.76. The normalized spacial score (nSPS) is 16.6. The van der Waals surface area contributed by atoms with Crippen molar-refractivity contribution in [3.63, 3.8) is 0 Å². The highest BCUT2D eigenvalue weighted by Crippen LogP contribution is 2.21. The van der Waals surface area contributed by atoms with Crippen molar-refractivity contribution in [2.75, 3.05) is 19.6 Å². The summed E-state index contributed by atoms with van der Waals surface area (Å²) >= 11 is 0. The summed E-state index contributed by atoms with van der Waals surface area (Å²) in [5, 5.41) is 3.14. The molecule has 0 spiro atoms. The number of hydrogen-bond donors (Lipinski definition) is 1. The summed E-state index contributed by atoms with van der Waals surface area (Å²) in [7, 11) is -3.35. The van der Waals surface area contributed by atoms with Gasteiger partial charge in [0.1, 0.15) is 0 Å². The van der Waals surface area contributed by atoms with Crippen LogP contribution < -0.4 is 5.32 Å². The second kappa shape index (κ2) is 6.03. The van der Waals surface area contributed by atoms with E-state index in [4.69, 9.17) is 0 Å².